The van der Waals surface area contributed by atoms with Gasteiger partial charge in [-0.05, 0) is 51.9 Å². The van der Waals surface area contributed by atoms with Crippen molar-refractivity contribution in [2.24, 2.45) is 0 Å². The van der Waals surface area contributed by atoms with Gasteiger partial charge in [0, 0.05) is 0 Å². The van der Waals surface area contributed by atoms with Gasteiger partial charge in [-0.15, -0.1) is 0 Å². The van der Waals surface area contributed by atoms with Crippen LogP contribution in [0.15, 0.2) is 91.0 Å². The third-order valence-corrected chi connectivity index (χ3v) is 4.69. The van der Waals surface area contributed by atoms with E-state index >= 15 is 0 Å². The molecule has 0 N–H and O–H groups in total. The van der Waals surface area contributed by atoms with Crippen molar-refractivity contribution in [3.8, 4) is 11.1 Å². The van der Waals surface area contributed by atoms with Crippen LogP contribution in [0.5, 0.6) is 0 Å². The molecule has 116 valence electrons. The van der Waals surface area contributed by atoms with Crippen molar-refractivity contribution < 1.29 is 0 Å². The van der Waals surface area contributed by atoms with Crippen LogP contribution in [-0.2, 0) is 6.42 Å². The van der Waals surface area contributed by atoms with Crippen molar-refractivity contribution in [1.29, 1.82) is 0 Å². The number of fused-ring (bicyclic) bond motifs is 1. The summed E-state index contributed by atoms with van der Waals surface area (Å²) in [5.41, 5.74) is 6.62. The maximum atomic E-state index is 2.25. The summed E-state index contributed by atoms with van der Waals surface area (Å²) in [6, 6.07) is 32.7. The monoisotopic (exact) mass is 308 g/mol. The van der Waals surface area contributed by atoms with E-state index < -0.39 is 0 Å². The predicted octanol–water partition coefficient (Wildman–Crippen LogP) is 6.41. The van der Waals surface area contributed by atoms with E-state index in [1.807, 2.05) is 0 Å². The lowest BCUT2D eigenvalue weighted by molar-refractivity contribution is 1.21. The Hall–Kier alpha value is -2.86. The maximum Gasteiger partial charge on any atom is -0.00196 e. The molecule has 0 saturated heterocycles. The molecule has 0 bridgehead atoms. The summed E-state index contributed by atoms with van der Waals surface area (Å²) in [5, 5.41) is 2.72. The molecule has 24 heavy (non-hydrogen) atoms. The fourth-order valence-corrected chi connectivity index (χ4v) is 3.35. The van der Waals surface area contributed by atoms with Crippen molar-refractivity contribution in [3.05, 3.63) is 108 Å². The third kappa shape index (κ3) is 2.83. The highest BCUT2D eigenvalue weighted by atomic mass is 14.1. The molecule has 0 radical (unpaired) electrons. The second-order valence-corrected chi connectivity index (χ2v) is 6.33. The van der Waals surface area contributed by atoms with Gasteiger partial charge in [0.15, 0.2) is 0 Å². The van der Waals surface area contributed by atoms with Gasteiger partial charge in [-0.25, -0.2) is 0 Å². The lowest BCUT2D eigenvalue weighted by Gasteiger charge is -2.09. The average molecular weight is 308 g/mol. The summed E-state index contributed by atoms with van der Waals surface area (Å²) in [6.45, 7) is 2.18. The molecule has 0 aliphatic carbocycles. The standard InChI is InChI=1S/C24H20/c1-18-7-5-12-24-22(10-6-11-23(18)24)17-19-13-15-21(16-14-19)20-8-3-2-4-9-20/h2-16H,17H2,1H3. The molecule has 0 nitrogen and oxygen atoms in total. The second-order valence-electron chi connectivity index (χ2n) is 6.33. The quantitative estimate of drug-likeness (QED) is 0.410. The minimum absolute atomic E-state index is 0.968. The predicted molar refractivity (Wildman–Crippen MR) is 103 cm³/mol. The van der Waals surface area contributed by atoms with Gasteiger partial charge in [0.2, 0.25) is 0 Å². The zero-order valence-corrected chi connectivity index (χ0v) is 13.9. The Morgan fingerprint density at radius 1 is 0.542 bits per heavy atom. The van der Waals surface area contributed by atoms with Crippen LogP contribution >= 0.6 is 0 Å². The van der Waals surface area contributed by atoms with Gasteiger partial charge >= 0.3 is 0 Å². The van der Waals surface area contributed by atoms with Crippen molar-refractivity contribution in [2.45, 2.75) is 13.3 Å². The zero-order valence-electron chi connectivity index (χ0n) is 13.9. The first kappa shape index (κ1) is 14.7. The van der Waals surface area contributed by atoms with Gasteiger partial charge in [0.25, 0.3) is 0 Å². The molecule has 0 aromatic heterocycles. The lowest BCUT2D eigenvalue weighted by Crippen LogP contribution is -1.91. The molecule has 0 saturated carbocycles. The summed E-state index contributed by atoms with van der Waals surface area (Å²) in [5.74, 6) is 0. The molecule has 0 spiro atoms. The van der Waals surface area contributed by atoms with Crippen molar-refractivity contribution in [3.63, 3.8) is 0 Å². The van der Waals surface area contributed by atoms with E-state index in [-0.39, 0.29) is 0 Å². The van der Waals surface area contributed by atoms with Crippen LogP contribution in [0.1, 0.15) is 16.7 Å². The van der Waals surface area contributed by atoms with Gasteiger partial charge < -0.3 is 0 Å². The fraction of sp³-hybridized carbons (Fsp3) is 0.0833. The van der Waals surface area contributed by atoms with Gasteiger partial charge in [0.05, 0.1) is 0 Å². The minimum atomic E-state index is 0.968. The van der Waals surface area contributed by atoms with Crippen LogP contribution in [-0.4, -0.2) is 0 Å². The van der Waals surface area contributed by atoms with E-state index in [4.69, 9.17) is 0 Å². The van der Waals surface area contributed by atoms with E-state index in [0.717, 1.165) is 6.42 Å². The molecule has 0 atom stereocenters. The molecule has 0 heteroatoms. The Balaban J connectivity index is 1.66. The topological polar surface area (TPSA) is 0 Å². The summed E-state index contributed by atoms with van der Waals surface area (Å²) in [6.07, 6.45) is 0.968. The van der Waals surface area contributed by atoms with Crippen LogP contribution in [0, 0.1) is 6.92 Å². The average Bonchev–Trinajstić information content (AvgIpc) is 2.64. The van der Waals surface area contributed by atoms with Crippen molar-refractivity contribution in [2.75, 3.05) is 0 Å². The first-order valence-corrected chi connectivity index (χ1v) is 8.43. The largest absolute Gasteiger partial charge is 0.0622 e. The highest BCUT2D eigenvalue weighted by molar-refractivity contribution is 5.88. The summed E-state index contributed by atoms with van der Waals surface area (Å²) in [7, 11) is 0. The van der Waals surface area contributed by atoms with Crippen LogP contribution in [0.4, 0.5) is 0 Å². The number of hydrogen-bond donors (Lipinski definition) is 0. The Labute approximate surface area is 143 Å². The smallest absolute Gasteiger partial charge is 0.00196 e. The van der Waals surface area contributed by atoms with Crippen LogP contribution in [0.3, 0.4) is 0 Å². The van der Waals surface area contributed by atoms with E-state index in [0.29, 0.717) is 0 Å². The van der Waals surface area contributed by atoms with E-state index in [2.05, 4.69) is 97.9 Å². The highest BCUT2D eigenvalue weighted by Crippen LogP contribution is 2.25. The Bertz CT molecular complexity index is 964. The Kier molecular flexibility index (Phi) is 3.88. The SMILES string of the molecule is Cc1cccc2c(Cc3ccc(-c4ccccc4)cc3)cccc12. The van der Waals surface area contributed by atoms with Crippen molar-refractivity contribution in [1.82, 2.24) is 0 Å². The minimum Gasteiger partial charge on any atom is -0.0622 e. The lowest BCUT2D eigenvalue weighted by atomic mass is 9.95. The van der Waals surface area contributed by atoms with Gasteiger partial charge in [-0.2, -0.15) is 0 Å². The van der Waals surface area contributed by atoms with Crippen LogP contribution < -0.4 is 0 Å². The molecular formula is C24H20. The van der Waals surface area contributed by atoms with Crippen molar-refractivity contribution >= 4 is 10.8 Å². The summed E-state index contributed by atoms with van der Waals surface area (Å²) in [4.78, 5) is 0. The van der Waals surface area contributed by atoms with E-state index in [9.17, 15) is 0 Å². The molecule has 0 amide bonds. The van der Waals surface area contributed by atoms with Crippen LogP contribution in [0.2, 0.25) is 0 Å². The fourth-order valence-electron chi connectivity index (χ4n) is 3.35. The molecular weight excluding hydrogens is 288 g/mol. The number of rotatable bonds is 3. The maximum absolute atomic E-state index is 2.25. The molecule has 4 aromatic carbocycles. The third-order valence-electron chi connectivity index (χ3n) is 4.69. The first-order valence-electron chi connectivity index (χ1n) is 8.43. The van der Waals surface area contributed by atoms with E-state index in [1.54, 1.807) is 0 Å². The number of aryl methyl sites for hydroxylation is 1. The molecule has 0 heterocycles. The van der Waals surface area contributed by atoms with Gasteiger partial charge in [0.1, 0.15) is 0 Å². The number of hydrogen-bond acceptors (Lipinski definition) is 0. The van der Waals surface area contributed by atoms with Gasteiger partial charge in [-0.3, -0.25) is 0 Å². The molecule has 0 fully saturated rings. The number of benzene rings is 4. The van der Waals surface area contributed by atoms with Crippen LogP contribution in [0.25, 0.3) is 21.9 Å². The normalized spacial score (nSPS) is 10.9. The zero-order chi connectivity index (χ0) is 16.4. The summed E-state index contributed by atoms with van der Waals surface area (Å²) < 4.78 is 0. The highest BCUT2D eigenvalue weighted by Gasteiger charge is 2.04. The molecule has 0 aliphatic heterocycles. The second kappa shape index (κ2) is 6.33. The Morgan fingerprint density at radius 3 is 2.00 bits per heavy atom. The molecule has 0 aliphatic rings. The molecule has 4 aromatic rings. The van der Waals surface area contributed by atoms with E-state index in [1.165, 1.54) is 38.6 Å². The molecule has 0 unspecified atom stereocenters. The molecule has 4 rings (SSSR count). The Morgan fingerprint density at radius 2 is 1.21 bits per heavy atom. The summed E-state index contributed by atoms with van der Waals surface area (Å²) >= 11 is 0. The first-order chi connectivity index (χ1) is 11.8. The van der Waals surface area contributed by atoms with Gasteiger partial charge in [-0.1, -0.05) is 91.0 Å².